The molecule has 0 saturated carbocycles. The molecule has 2 aliphatic rings. The Morgan fingerprint density at radius 2 is 1.89 bits per heavy atom. The smallest absolute Gasteiger partial charge is 0.301 e. The molecular formula is C28H21FN2O4S. The molecule has 2 atom stereocenters. The first-order valence-corrected chi connectivity index (χ1v) is 12.4. The number of aliphatic hydroxyl groups excluding tert-OH is 1. The van der Waals surface area contributed by atoms with Crippen LogP contribution < -0.4 is 9.64 Å². The Morgan fingerprint density at radius 1 is 1.11 bits per heavy atom. The molecule has 2 aliphatic heterocycles. The third-order valence-electron chi connectivity index (χ3n) is 6.54. The van der Waals surface area contributed by atoms with E-state index in [2.05, 4.69) is 4.98 Å². The van der Waals surface area contributed by atoms with E-state index in [0.29, 0.717) is 28.2 Å². The van der Waals surface area contributed by atoms with Crippen molar-refractivity contribution in [2.24, 2.45) is 0 Å². The van der Waals surface area contributed by atoms with Gasteiger partial charge in [-0.15, -0.1) is 0 Å². The number of Topliss-reactive ketones (excluding diaryl/α,β-unsaturated/α-hetero) is 1. The average molecular weight is 501 g/mol. The molecule has 0 unspecified atom stereocenters. The highest BCUT2D eigenvalue weighted by molar-refractivity contribution is 7.22. The van der Waals surface area contributed by atoms with E-state index in [0.717, 1.165) is 21.6 Å². The molecule has 1 N–H and O–H groups in total. The van der Waals surface area contributed by atoms with Crippen molar-refractivity contribution >= 4 is 44.1 Å². The van der Waals surface area contributed by atoms with Crippen molar-refractivity contribution in [3.63, 3.8) is 0 Å². The van der Waals surface area contributed by atoms with Crippen molar-refractivity contribution in [1.82, 2.24) is 4.98 Å². The molecule has 1 amide bonds. The number of benzene rings is 3. The number of halogens is 1. The highest BCUT2D eigenvalue weighted by Gasteiger charge is 2.48. The van der Waals surface area contributed by atoms with Gasteiger partial charge in [0.25, 0.3) is 5.78 Å². The third-order valence-corrected chi connectivity index (χ3v) is 7.56. The summed E-state index contributed by atoms with van der Waals surface area (Å²) in [5.74, 6) is -1.61. The number of nitrogens with zero attached hydrogens (tertiary/aromatic N) is 2. The maximum atomic E-state index is 13.8. The van der Waals surface area contributed by atoms with Gasteiger partial charge in [0, 0.05) is 12.0 Å². The minimum absolute atomic E-state index is 0.0184. The minimum atomic E-state index is -0.962. The fourth-order valence-corrected chi connectivity index (χ4v) is 5.93. The molecule has 0 bridgehead atoms. The van der Waals surface area contributed by atoms with Crippen molar-refractivity contribution in [3.05, 3.63) is 94.3 Å². The number of hydrogen-bond acceptors (Lipinski definition) is 6. The summed E-state index contributed by atoms with van der Waals surface area (Å²) in [5.41, 5.74) is 3.51. The second-order valence-corrected chi connectivity index (χ2v) is 10.2. The lowest BCUT2D eigenvalue weighted by atomic mass is 9.94. The standard InChI is InChI=1S/C28H21FN2O4S/c1-14-3-9-20-22(11-14)36-28(30-20)31-24(16-4-7-19(29)8-5-16)23(26(33)27(31)34)25(32)17-6-10-21-18(13-17)12-15(2)35-21/h3-11,13,15,24,32H,12H2,1-2H3/t15-,24+/m1/s1. The van der Waals surface area contributed by atoms with Crippen molar-refractivity contribution in [1.29, 1.82) is 0 Å². The summed E-state index contributed by atoms with van der Waals surface area (Å²) in [6.07, 6.45) is 0.696. The van der Waals surface area contributed by atoms with Gasteiger partial charge in [-0.3, -0.25) is 14.5 Å². The van der Waals surface area contributed by atoms with Crippen LogP contribution in [0.1, 0.15) is 35.2 Å². The van der Waals surface area contributed by atoms with Crippen LogP contribution in [0, 0.1) is 12.7 Å². The zero-order valence-electron chi connectivity index (χ0n) is 19.5. The number of fused-ring (bicyclic) bond motifs is 2. The summed E-state index contributed by atoms with van der Waals surface area (Å²) in [6.45, 7) is 3.92. The largest absolute Gasteiger partial charge is 0.507 e. The Labute approximate surface area is 210 Å². The van der Waals surface area contributed by atoms with Crippen molar-refractivity contribution < 1.29 is 23.8 Å². The third kappa shape index (κ3) is 3.56. The lowest BCUT2D eigenvalue weighted by Gasteiger charge is -2.23. The van der Waals surface area contributed by atoms with Crippen LogP contribution in [0.2, 0.25) is 0 Å². The first kappa shape index (κ1) is 22.4. The Bertz CT molecular complexity index is 1590. The number of carbonyl (C=O) groups excluding carboxylic acids is 2. The molecule has 0 aliphatic carbocycles. The van der Waals surface area contributed by atoms with Gasteiger partial charge in [0.05, 0.1) is 21.8 Å². The molecular weight excluding hydrogens is 479 g/mol. The van der Waals surface area contributed by atoms with Crippen molar-refractivity contribution in [2.45, 2.75) is 32.4 Å². The SMILES string of the molecule is Cc1ccc2nc(N3C(=O)C(=O)C(=C(O)c4ccc5c(c4)C[C@@H](C)O5)[C@@H]3c3ccc(F)cc3)sc2c1. The van der Waals surface area contributed by atoms with E-state index in [1.54, 1.807) is 18.2 Å². The molecule has 0 spiro atoms. The van der Waals surface area contributed by atoms with E-state index in [-0.39, 0.29) is 17.4 Å². The summed E-state index contributed by atoms with van der Waals surface area (Å²) in [6, 6.07) is 15.6. The maximum absolute atomic E-state index is 13.8. The van der Waals surface area contributed by atoms with E-state index < -0.39 is 23.5 Å². The summed E-state index contributed by atoms with van der Waals surface area (Å²) in [4.78, 5) is 32.7. The number of anilines is 1. The van der Waals surface area contributed by atoms with E-state index >= 15 is 0 Å². The number of ether oxygens (including phenoxy) is 1. The van der Waals surface area contributed by atoms with Crippen LogP contribution in [0.25, 0.3) is 16.0 Å². The van der Waals surface area contributed by atoms with Gasteiger partial charge in [-0.2, -0.15) is 0 Å². The number of rotatable bonds is 3. The van der Waals surface area contributed by atoms with Gasteiger partial charge in [0.1, 0.15) is 23.4 Å². The molecule has 36 heavy (non-hydrogen) atoms. The first-order chi connectivity index (χ1) is 17.3. The Morgan fingerprint density at radius 3 is 2.67 bits per heavy atom. The van der Waals surface area contributed by atoms with Crippen LogP contribution >= 0.6 is 11.3 Å². The van der Waals surface area contributed by atoms with Crippen LogP contribution in [0.15, 0.2) is 66.2 Å². The molecule has 1 saturated heterocycles. The van der Waals surface area contributed by atoms with E-state index in [1.807, 2.05) is 32.0 Å². The van der Waals surface area contributed by atoms with Gasteiger partial charge in [-0.05, 0) is 73.0 Å². The Kier molecular flexibility index (Phi) is 5.15. The normalized spacial score (nSPS) is 20.7. The number of ketones is 1. The second kappa shape index (κ2) is 8.27. The van der Waals surface area contributed by atoms with E-state index in [9.17, 15) is 19.1 Å². The fourth-order valence-electron chi connectivity index (χ4n) is 4.84. The monoisotopic (exact) mass is 500 g/mol. The summed E-state index contributed by atoms with van der Waals surface area (Å²) < 4.78 is 20.4. The van der Waals surface area contributed by atoms with Gasteiger partial charge >= 0.3 is 5.91 Å². The number of amides is 1. The number of aryl methyl sites for hydroxylation is 1. The quantitative estimate of drug-likeness (QED) is 0.222. The van der Waals surface area contributed by atoms with Gasteiger partial charge < -0.3 is 9.84 Å². The highest BCUT2D eigenvalue weighted by Crippen LogP contribution is 2.45. The lowest BCUT2D eigenvalue weighted by Crippen LogP contribution is -2.29. The molecule has 3 aromatic carbocycles. The molecule has 1 fully saturated rings. The second-order valence-electron chi connectivity index (χ2n) is 9.14. The number of carbonyl (C=O) groups is 2. The van der Waals surface area contributed by atoms with E-state index in [1.165, 1.54) is 40.5 Å². The molecule has 8 heteroatoms. The van der Waals surface area contributed by atoms with Gasteiger partial charge in [0.2, 0.25) is 0 Å². The summed E-state index contributed by atoms with van der Waals surface area (Å²) in [5, 5.41) is 11.7. The van der Waals surface area contributed by atoms with E-state index in [4.69, 9.17) is 4.74 Å². The molecule has 6 nitrogen and oxygen atoms in total. The van der Waals surface area contributed by atoms with Gasteiger partial charge in [-0.25, -0.2) is 9.37 Å². The van der Waals surface area contributed by atoms with Crippen LogP contribution in [0.4, 0.5) is 9.52 Å². The number of hydrogen-bond donors (Lipinski definition) is 1. The number of thiazole rings is 1. The van der Waals surface area contributed by atoms with Crippen LogP contribution in [-0.4, -0.2) is 27.9 Å². The molecule has 4 aromatic rings. The Balaban J connectivity index is 1.53. The predicted molar refractivity (Wildman–Crippen MR) is 136 cm³/mol. The van der Waals surface area contributed by atoms with Gasteiger partial charge in [-0.1, -0.05) is 29.5 Å². The highest BCUT2D eigenvalue weighted by atomic mass is 32.1. The number of aromatic nitrogens is 1. The molecule has 3 heterocycles. The summed E-state index contributed by atoms with van der Waals surface area (Å²) >= 11 is 1.29. The average Bonchev–Trinajstić information content (AvgIpc) is 3.51. The fraction of sp³-hybridized carbons (Fsp3) is 0.179. The van der Waals surface area contributed by atoms with Crippen LogP contribution in [0.5, 0.6) is 5.75 Å². The topological polar surface area (TPSA) is 79.7 Å². The minimum Gasteiger partial charge on any atom is -0.507 e. The molecule has 180 valence electrons. The zero-order chi connectivity index (χ0) is 25.1. The zero-order valence-corrected chi connectivity index (χ0v) is 20.3. The molecule has 0 radical (unpaired) electrons. The van der Waals surface area contributed by atoms with Crippen molar-refractivity contribution in [2.75, 3.05) is 4.90 Å². The first-order valence-electron chi connectivity index (χ1n) is 11.5. The van der Waals surface area contributed by atoms with Crippen molar-refractivity contribution in [3.8, 4) is 5.75 Å². The maximum Gasteiger partial charge on any atom is 0.301 e. The predicted octanol–water partition coefficient (Wildman–Crippen LogP) is 5.69. The van der Waals surface area contributed by atoms with Gasteiger partial charge in [0.15, 0.2) is 5.13 Å². The molecule has 6 rings (SSSR count). The Hall–Kier alpha value is -4.04. The van der Waals surface area contributed by atoms with Crippen LogP contribution in [-0.2, 0) is 16.0 Å². The lowest BCUT2D eigenvalue weighted by molar-refractivity contribution is -0.132. The molecule has 1 aromatic heterocycles. The number of aliphatic hydroxyl groups is 1. The summed E-state index contributed by atoms with van der Waals surface area (Å²) in [7, 11) is 0. The van der Waals surface area contributed by atoms with Crippen LogP contribution in [0.3, 0.4) is 0 Å².